The Morgan fingerprint density at radius 1 is 1.09 bits per heavy atom. The molecule has 3 aromatic rings. The van der Waals surface area contributed by atoms with E-state index < -0.39 is 16.1 Å². The summed E-state index contributed by atoms with van der Waals surface area (Å²) in [5.41, 5.74) is 2.92. The van der Waals surface area contributed by atoms with Crippen molar-refractivity contribution >= 4 is 27.6 Å². The zero-order valence-electron chi connectivity index (χ0n) is 19.4. The maximum Gasteiger partial charge on any atom is 0.333 e. The number of sulfonamides is 1. The van der Waals surface area contributed by atoms with Crippen molar-refractivity contribution in [3.8, 4) is 22.8 Å². The third-order valence-electron chi connectivity index (χ3n) is 5.42. The molecule has 182 valence electrons. The summed E-state index contributed by atoms with van der Waals surface area (Å²) in [5.74, 6) is 0.752. The number of nitrogens with zero attached hydrogens (tertiary/aromatic N) is 2. The van der Waals surface area contributed by atoms with Crippen molar-refractivity contribution in [2.24, 2.45) is 0 Å². The highest BCUT2D eigenvalue weighted by atomic mass is 32.2. The van der Waals surface area contributed by atoms with Crippen LogP contribution >= 0.6 is 0 Å². The van der Waals surface area contributed by atoms with Gasteiger partial charge in [0.1, 0.15) is 5.75 Å². The molecule has 0 radical (unpaired) electrons. The largest absolute Gasteiger partial charge is 0.493 e. The van der Waals surface area contributed by atoms with Gasteiger partial charge in [0.05, 0.1) is 24.3 Å². The molecule has 0 fully saturated rings. The molecule has 4 rings (SSSR count). The number of hydrogen-bond acceptors (Lipinski definition) is 7. The highest BCUT2D eigenvalue weighted by molar-refractivity contribution is 7.90. The average Bonchev–Trinajstić information content (AvgIpc) is 3.33. The van der Waals surface area contributed by atoms with Crippen LogP contribution in [0.4, 0.5) is 10.5 Å². The molecule has 1 aliphatic rings. The monoisotopic (exact) mass is 496 g/mol. The molecule has 1 aromatic heterocycles. The van der Waals surface area contributed by atoms with Gasteiger partial charge in [-0.3, -0.25) is 4.79 Å². The maximum absolute atomic E-state index is 12.8. The van der Waals surface area contributed by atoms with E-state index in [9.17, 15) is 18.0 Å². The van der Waals surface area contributed by atoms with Gasteiger partial charge in [-0.2, -0.15) is 0 Å². The van der Waals surface area contributed by atoms with Crippen LogP contribution in [0, 0.1) is 0 Å². The Bertz CT molecular complexity index is 1390. The first-order valence-corrected chi connectivity index (χ1v) is 12.1. The van der Waals surface area contributed by atoms with E-state index >= 15 is 0 Å². The summed E-state index contributed by atoms with van der Waals surface area (Å²) in [6.45, 7) is 0.449. The van der Waals surface area contributed by atoms with E-state index in [1.807, 2.05) is 4.72 Å². The third kappa shape index (κ3) is 5.04. The molecule has 1 aliphatic heterocycles. The van der Waals surface area contributed by atoms with Crippen LogP contribution in [0.5, 0.6) is 11.6 Å². The summed E-state index contributed by atoms with van der Waals surface area (Å²) in [6, 6.07) is 11.5. The van der Waals surface area contributed by atoms with Gasteiger partial charge in [0.25, 0.3) is 15.9 Å². The van der Waals surface area contributed by atoms with E-state index in [1.54, 1.807) is 44.6 Å². The molecule has 2 aromatic carbocycles. The smallest absolute Gasteiger partial charge is 0.333 e. The molecule has 11 heteroatoms. The number of carbonyl (C=O) groups is 2. The zero-order chi connectivity index (χ0) is 25.2. The second-order valence-corrected chi connectivity index (χ2v) is 9.62. The molecule has 10 nitrogen and oxygen atoms in total. The number of rotatable bonds is 6. The summed E-state index contributed by atoms with van der Waals surface area (Å²) < 4.78 is 38.5. The van der Waals surface area contributed by atoms with Crippen LogP contribution in [0.1, 0.15) is 15.9 Å². The Hall–Kier alpha value is -4.12. The molecule has 0 atom stereocenters. The molecule has 0 saturated carbocycles. The predicted octanol–water partition coefficient (Wildman–Crippen LogP) is 2.90. The lowest BCUT2D eigenvalue weighted by Gasteiger charge is -2.16. The van der Waals surface area contributed by atoms with E-state index in [4.69, 9.17) is 9.47 Å². The first kappa shape index (κ1) is 24.0. The van der Waals surface area contributed by atoms with E-state index in [1.165, 1.54) is 36.3 Å². The van der Waals surface area contributed by atoms with Gasteiger partial charge in [-0.25, -0.2) is 22.9 Å². The van der Waals surface area contributed by atoms with Gasteiger partial charge < -0.3 is 19.7 Å². The van der Waals surface area contributed by atoms with Gasteiger partial charge in [-0.05, 0) is 48.0 Å². The Labute approximate surface area is 202 Å². The molecule has 2 N–H and O–H groups in total. The van der Waals surface area contributed by atoms with Crippen molar-refractivity contribution in [2.45, 2.75) is 11.3 Å². The molecule has 3 amide bonds. The van der Waals surface area contributed by atoms with Gasteiger partial charge in [0.2, 0.25) is 5.88 Å². The van der Waals surface area contributed by atoms with Crippen molar-refractivity contribution in [1.82, 2.24) is 14.6 Å². The van der Waals surface area contributed by atoms with E-state index in [2.05, 4.69) is 10.3 Å². The van der Waals surface area contributed by atoms with Crippen molar-refractivity contribution in [3.05, 3.63) is 65.9 Å². The number of hydrogen-bond donors (Lipinski definition) is 2. The molecule has 0 bridgehead atoms. The summed E-state index contributed by atoms with van der Waals surface area (Å²) in [6.07, 6.45) is 2.13. The Kier molecular flexibility index (Phi) is 6.61. The van der Waals surface area contributed by atoms with Crippen molar-refractivity contribution in [3.63, 3.8) is 0 Å². The van der Waals surface area contributed by atoms with Gasteiger partial charge in [0, 0.05) is 49.5 Å². The minimum atomic E-state index is -4.19. The highest BCUT2D eigenvalue weighted by Gasteiger charge is 2.24. The molecule has 0 spiro atoms. The SMILES string of the molecule is COc1cc(-c2ccc3c(c2NC(=O)NS(=O)(=O)c2ccc(C(=O)N(C)C)cc2)CCO3)ccn1. The van der Waals surface area contributed by atoms with Crippen molar-refractivity contribution in [1.29, 1.82) is 0 Å². The fourth-order valence-corrected chi connectivity index (χ4v) is 4.61. The topological polar surface area (TPSA) is 127 Å². The molecular formula is C24H24N4O6S. The predicted molar refractivity (Wildman–Crippen MR) is 129 cm³/mol. The minimum absolute atomic E-state index is 0.149. The zero-order valence-corrected chi connectivity index (χ0v) is 20.2. The molecule has 35 heavy (non-hydrogen) atoms. The van der Waals surface area contributed by atoms with Crippen molar-refractivity contribution < 1.29 is 27.5 Å². The minimum Gasteiger partial charge on any atom is -0.493 e. The highest BCUT2D eigenvalue weighted by Crippen LogP contribution is 2.40. The number of aromatic nitrogens is 1. The Balaban J connectivity index is 1.60. The van der Waals surface area contributed by atoms with Crippen LogP contribution in [0.2, 0.25) is 0 Å². The van der Waals surface area contributed by atoms with E-state index in [0.29, 0.717) is 41.5 Å². The van der Waals surface area contributed by atoms with Crippen molar-refractivity contribution in [2.75, 3.05) is 33.1 Å². The quantitative estimate of drug-likeness (QED) is 0.537. The average molecular weight is 497 g/mol. The number of carbonyl (C=O) groups excluding carboxylic acids is 2. The molecule has 0 aliphatic carbocycles. The van der Waals surface area contributed by atoms with E-state index in [0.717, 1.165) is 11.1 Å². The van der Waals surface area contributed by atoms with E-state index in [-0.39, 0.29) is 10.8 Å². The number of pyridine rings is 1. The van der Waals surface area contributed by atoms with Gasteiger partial charge in [0.15, 0.2) is 0 Å². The first-order chi connectivity index (χ1) is 16.7. The van der Waals surface area contributed by atoms with Crippen LogP contribution in [0.25, 0.3) is 11.1 Å². The van der Waals surface area contributed by atoms with Gasteiger partial charge in [-0.15, -0.1) is 0 Å². The fraction of sp³-hybridized carbons (Fsp3) is 0.208. The van der Waals surface area contributed by atoms with Crippen LogP contribution in [-0.2, 0) is 16.4 Å². The summed E-state index contributed by atoms with van der Waals surface area (Å²) in [7, 11) is 0.506. The molecule has 0 saturated heterocycles. The molecule has 0 unspecified atom stereocenters. The first-order valence-electron chi connectivity index (χ1n) is 10.6. The number of benzene rings is 2. The number of ether oxygens (including phenoxy) is 2. The van der Waals surface area contributed by atoms with Crippen LogP contribution < -0.4 is 19.5 Å². The summed E-state index contributed by atoms with van der Waals surface area (Å²) in [5, 5.41) is 2.69. The lowest BCUT2D eigenvalue weighted by atomic mass is 9.99. The van der Waals surface area contributed by atoms with Gasteiger partial charge in [-0.1, -0.05) is 0 Å². The number of methoxy groups -OCH3 is 1. The molecule has 2 heterocycles. The number of fused-ring (bicyclic) bond motifs is 1. The lowest BCUT2D eigenvalue weighted by molar-refractivity contribution is 0.0827. The van der Waals surface area contributed by atoms with Crippen LogP contribution in [0.15, 0.2) is 59.6 Å². The summed E-state index contributed by atoms with van der Waals surface area (Å²) in [4.78, 5) is 30.2. The second-order valence-electron chi connectivity index (χ2n) is 7.93. The Morgan fingerprint density at radius 3 is 2.51 bits per heavy atom. The standard InChI is InChI=1S/C24H24N4O6S/c1-28(2)23(29)15-4-6-17(7-5-15)35(31,32)27-24(30)26-22-18(8-9-20-19(22)11-13-34-20)16-10-12-25-21(14-16)33-3/h4-10,12,14H,11,13H2,1-3H3,(H2,26,27,30). The maximum atomic E-state index is 12.8. The fourth-order valence-electron chi connectivity index (χ4n) is 3.70. The van der Waals surface area contributed by atoms with Gasteiger partial charge >= 0.3 is 6.03 Å². The Morgan fingerprint density at radius 2 is 1.83 bits per heavy atom. The summed E-state index contributed by atoms with van der Waals surface area (Å²) >= 11 is 0. The normalized spacial score (nSPS) is 12.3. The number of urea groups is 1. The van der Waals surface area contributed by atoms with Crippen LogP contribution in [-0.4, -0.2) is 58.1 Å². The number of amides is 3. The number of nitrogens with one attached hydrogen (secondary N) is 2. The third-order valence-corrected chi connectivity index (χ3v) is 6.76. The lowest BCUT2D eigenvalue weighted by Crippen LogP contribution is -2.34. The molecular weight excluding hydrogens is 472 g/mol. The second kappa shape index (κ2) is 9.63. The number of anilines is 1. The van der Waals surface area contributed by atoms with Crippen LogP contribution in [0.3, 0.4) is 0 Å².